The molecule has 2 aromatic rings. The highest BCUT2D eigenvalue weighted by Gasteiger charge is 2.39. The molecule has 1 N–H and O–H groups in total. The number of nitrogens with one attached hydrogen (secondary N) is 1. The minimum atomic E-state index is -0.558. The summed E-state index contributed by atoms with van der Waals surface area (Å²) in [6.07, 6.45) is 2.43. The maximum Gasteiger partial charge on any atom is 0.410 e. The van der Waals surface area contributed by atoms with Gasteiger partial charge in [-0.1, -0.05) is 29.3 Å². The van der Waals surface area contributed by atoms with Gasteiger partial charge in [0.15, 0.2) is 12.2 Å². The van der Waals surface area contributed by atoms with Crippen LogP contribution in [0, 0.1) is 12.7 Å². The van der Waals surface area contributed by atoms with Gasteiger partial charge in [-0.25, -0.2) is 9.18 Å². The van der Waals surface area contributed by atoms with E-state index in [1.54, 1.807) is 11.0 Å². The SMILES string of the molecule is Cc1ccc2c(c1)CC(C(=O)NC1CCC(N3CC(COc4ccc(Cl)c(F)c4)OC3=O)CC1)O2. The summed E-state index contributed by atoms with van der Waals surface area (Å²) in [5, 5.41) is 3.16. The van der Waals surface area contributed by atoms with Crippen LogP contribution in [0.15, 0.2) is 36.4 Å². The second-order valence-electron chi connectivity index (χ2n) is 9.48. The molecule has 1 saturated heterocycles. The van der Waals surface area contributed by atoms with E-state index in [1.165, 1.54) is 12.1 Å². The molecule has 186 valence electrons. The van der Waals surface area contributed by atoms with Crippen molar-refractivity contribution in [1.82, 2.24) is 10.2 Å². The zero-order valence-corrected chi connectivity index (χ0v) is 20.2. The zero-order valence-electron chi connectivity index (χ0n) is 19.5. The lowest BCUT2D eigenvalue weighted by Crippen LogP contribution is -2.47. The largest absolute Gasteiger partial charge is 0.490 e. The summed E-state index contributed by atoms with van der Waals surface area (Å²) >= 11 is 5.69. The van der Waals surface area contributed by atoms with E-state index in [-0.39, 0.29) is 35.7 Å². The molecule has 0 radical (unpaired) electrons. The van der Waals surface area contributed by atoms with Gasteiger partial charge in [0, 0.05) is 24.6 Å². The van der Waals surface area contributed by atoms with Crippen molar-refractivity contribution in [2.24, 2.45) is 0 Å². The highest BCUT2D eigenvalue weighted by molar-refractivity contribution is 6.30. The van der Waals surface area contributed by atoms with Crippen LogP contribution in [0.1, 0.15) is 36.8 Å². The fraction of sp³-hybridized carbons (Fsp3) is 0.462. The molecule has 0 bridgehead atoms. The van der Waals surface area contributed by atoms with E-state index in [9.17, 15) is 14.0 Å². The summed E-state index contributed by atoms with van der Waals surface area (Å²) in [7, 11) is 0. The molecule has 5 rings (SSSR count). The Labute approximate surface area is 208 Å². The molecule has 0 spiro atoms. The maximum absolute atomic E-state index is 13.6. The number of halogens is 2. The summed E-state index contributed by atoms with van der Waals surface area (Å²) in [5.74, 6) is 0.477. The molecule has 1 saturated carbocycles. The molecule has 2 aromatic carbocycles. The number of hydrogen-bond donors (Lipinski definition) is 1. The third-order valence-corrected chi connectivity index (χ3v) is 7.20. The molecule has 2 atom stereocenters. The van der Waals surface area contributed by atoms with Crippen molar-refractivity contribution in [3.8, 4) is 11.5 Å². The fourth-order valence-electron chi connectivity index (χ4n) is 5.03. The summed E-state index contributed by atoms with van der Waals surface area (Å²) < 4.78 is 30.5. The third-order valence-electron chi connectivity index (χ3n) is 6.90. The number of benzene rings is 2. The minimum absolute atomic E-state index is 0.0264. The summed E-state index contributed by atoms with van der Waals surface area (Å²) in [6.45, 7) is 2.58. The molecule has 2 unspecified atom stereocenters. The van der Waals surface area contributed by atoms with Gasteiger partial charge in [0.25, 0.3) is 5.91 Å². The Morgan fingerprint density at radius 2 is 1.97 bits per heavy atom. The first-order valence-electron chi connectivity index (χ1n) is 12.0. The number of ether oxygens (including phenoxy) is 3. The molecular formula is C26H28ClFN2O5. The van der Waals surface area contributed by atoms with Gasteiger partial charge >= 0.3 is 6.09 Å². The Kier molecular flexibility index (Phi) is 6.73. The third kappa shape index (κ3) is 5.32. The van der Waals surface area contributed by atoms with E-state index < -0.39 is 18.0 Å². The van der Waals surface area contributed by atoms with Crippen LogP contribution in [0.2, 0.25) is 5.02 Å². The number of nitrogens with zero attached hydrogens (tertiary/aromatic N) is 1. The number of rotatable bonds is 6. The molecule has 2 aliphatic heterocycles. The van der Waals surface area contributed by atoms with Gasteiger partial charge in [-0.3, -0.25) is 4.79 Å². The molecule has 2 fully saturated rings. The molecule has 9 heteroatoms. The summed E-state index contributed by atoms with van der Waals surface area (Å²) in [5.41, 5.74) is 2.22. The number of amides is 2. The Hall–Kier alpha value is -3.00. The topological polar surface area (TPSA) is 77.1 Å². The van der Waals surface area contributed by atoms with Gasteiger partial charge in [-0.05, 0) is 56.4 Å². The van der Waals surface area contributed by atoms with E-state index in [2.05, 4.69) is 11.4 Å². The predicted octanol–water partition coefficient (Wildman–Crippen LogP) is 4.42. The number of fused-ring (bicyclic) bond motifs is 1. The van der Waals surface area contributed by atoms with Crippen molar-refractivity contribution in [3.05, 3.63) is 58.4 Å². The van der Waals surface area contributed by atoms with Crippen LogP contribution in [0.25, 0.3) is 0 Å². The van der Waals surface area contributed by atoms with Crippen LogP contribution in [-0.4, -0.2) is 54.3 Å². The molecule has 2 amide bonds. The first kappa shape index (κ1) is 23.7. The second kappa shape index (κ2) is 9.93. The van der Waals surface area contributed by atoms with Crippen molar-refractivity contribution >= 4 is 23.6 Å². The molecule has 2 heterocycles. The molecule has 0 aromatic heterocycles. The van der Waals surface area contributed by atoms with Crippen LogP contribution < -0.4 is 14.8 Å². The maximum atomic E-state index is 13.6. The predicted molar refractivity (Wildman–Crippen MR) is 127 cm³/mol. The average molecular weight is 503 g/mol. The van der Waals surface area contributed by atoms with Gasteiger partial charge in [0.1, 0.15) is 23.9 Å². The minimum Gasteiger partial charge on any atom is -0.490 e. The Morgan fingerprint density at radius 1 is 1.17 bits per heavy atom. The molecule has 1 aliphatic carbocycles. The number of carbonyl (C=O) groups is 2. The van der Waals surface area contributed by atoms with Crippen molar-refractivity contribution in [1.29, 1.82) is 0 Å². The molecule has 35 heavy (non-hydrogen) atoms. The standard InChI is InChI=1S/C26H28ClFN2O5/c1-15-2-9-23-16(10-15)11-24(35-23)25(31)29-17-3-5-18(6-4-17)30-13-20(34-26(30)32)14-33-19-7-8-21(27)22(28)12-19/h2,7-10,12,17-18,20,24H,3-6,11,13-14H2,1H3,(H,29,31). The molecular weight excluding hydrogens is 475 g/mol. The Bertz CT molecular complexity index is 1120. The quantitative estimate of drug-likeness (QED) is 0.633. The van der Waals surface area contributed by atoms with Crippen molar-refractivity contribution < 1.29 is 28.2 Å². The van der Waals surface area contributed by atoms with Crippen LogP contribution in [0.5, 0.6) is 11.5 Å². The van der Waals surface area contributed by atoms with E-state index >= 15 is 0 Å². The van der Waals surface area contributed by atoms with Crippen molar-refractivity contribution in [3.63, 3.8) is 0 Å². The van der Waals surface area contributed by atoms with Crippen LogP contribution in [0.3, 0.4) is 0 Å². The summed E-state index contributed by atoms with van der Waals surface area (Å²) in [4.78, 5) is 27.0. The second-order valence-corrected chi connectivity index (χ2v) is 9.89. The normalized spacial score (nSPS) is 25.6. The molecule has 3 aliphatic rings. The van der Waals surface area contributed by atoms with E-state index in [0.29, 0.717) is 18.7 Å². The number of hydrogen-bond acceptors (Lipinski definition) is 5. The average Bonchev–Trinajstić information content (AvgIpc) is 3.43. The number of carbonyl (C=O) groups excluding carboxylic acids is 2. The van der Waals surface area contributed by atoms with Gasteiger partial charge in [0.05, 0.1) is 11.6 Å². The van der Waals surface area contributed by atoms with Crippen molar-refractivity contribution in [2.45, 2.75) is 63.3 Å². The first-order valence-corrected chi connectivity index (χ1v) is 12.3. The number of cyclic esters (lactones) is 1. The van der Waals surface area contributed by atoms with Crippen molar-refractivity contribution in [2.75, 3.05) is 13.2 Å². The van der Waals surface area contributed by atoms with Gasteiger partial charge in [-0.15, -0.1) is 0 Å². The fourth-order valence-corrected chi connectivity index (χ4v) is 5.15. The van der Waals surface area contributed by atoms with E-state index in [4.69, 9.17) is 25.8 Å². The van der Waals surface area contributed by atoms with E-state index in [1.807, 2.05) is 19.1 Å². The van der Waals surface area contributed by atoms with Crippen LogP contribution in [-0.2, 0) is 16.0 Å². The highest BCUT2D eigenvalue weighted by atomic mass is 35.5. The smallest absolute Gasteiger partial charge is 0.410 e. The lowest BCUT2D eigenvalue weighted by atomic mass is 9.90. The van der Waals surface area contributed by atoms with Gasteiger partial charge < -0.3 is 24.4 Å². The lowest BCUT2D eigenvalue weighted by molar-refractivity contribution is -0.128. The summed E-state index contributed by atoms with van der Waals surface area (Å²) in [6, 6.07) is 10.3. The lowest BCUT2D eigenvalue weighted by Gasteiger charge is -2.33. The Morgan fingerprint density at radius 3 is 2.74 bits per heavy atom. The molecule has 7 nitrogen and oxygen atoms in total. The van der Waals surface area contributed by atoms with Crippen LogP contribution >= 0.6 is 11.6 Å². The van der Waals surface area contributed by atoms with Crippen LogP contribution in [0.4, 0.5) is 9.18 Å². The Balaban J connectivity index is 1.07. The van der Waals surface area contributed by atoms with Gasteiger partial charge in [0.2, 0.25) is 0 Å². The van der Waals surface area contributed by atoms with E-state index in [0.717, 1.165) is 42.6 Å². The zero-order chi connectivity index (χ0) is 24.5. The monoisotopic (exact) mass is 502 g/mol. The first-order chi connectivity index (χ1) is 16.9. The number of aryl methyl sites for hydroxylation is 1. The van der Waals surface area contributed by atoms with Gasteiger partial charge in [-0.2, -0.15) is 0 Å². The highest BCUT2D eigenvalue weighted by Crippen LogP contribution is 2.31.